The lowest BCUT2D eigenvalue weighted by Crippen LogP contribution is -2.56. The van der Waals surface area contributed by atoms with Crippen molar-refractivity contribution >= 4 is 22.8 Å². The summed E-state index contributed by atoms with van der Waals surface area (Å²) in [6, 6.07) is 8.17. The summed E-state index contributed by atoms with van der Waals surface area (Å²) in [5.74, 6) is 0.512. The second kappa shape index (κ2) is 8.06. The van der Waals surface area contributed by atoms with E-state index in [1.165, 1.54) is 15.8 Å². The van der Waals surface area contributed by atoms with Gasteiger partial charge in [-0.05, 0) is 50.7 Å². The van der Waals surface area contributed by atoms with Gasteiger partial charge in [-0.25, -0.2) is 4.79 Å². The highest BCUT2D eigenvalue weighted by atomic mass is 16.2. The van der Waals surface area contributed by atoms with Crippen LogP contribution >= 0.6 is 0 Å². The van der Waals surface area contributed by atoms with Crippen molar-refractivity contribution in [3.63, 3.8) is 0 Å². The Labute approximate surface area is 179 Å². The zero-order chi connectivity index (χ0) is 21.5. The van der Waals surface area contributed by atoms with Gasteiger partial charge in [0.25, 0.3) is 5.91 Å². The lowest BCUT2D eigenvalue weighted by Gasteiger charge is -2.42. The van der Waals surface area contributed by atoms with Gasteiger partial charge < -0.3 is 9.88 Å². The third-order valence-electron chi connectivity index (χ3n) is 6.77. The number of piperidine rings is 1. The van der Waals surface area contributed by atoms with Crippen LogP contribution < -0.4 is 0 Å². The first kappa shape index (κ1) is 20.9. The average Bonchev–Trinajstić information content (AvgIpc) is 3.20. The number of likely N-dealkylation sites (tertiary alicyclic amines) is 1. The summed E-state index contributed by atoms with van der Waals surface area (Å²) in [7, 11) is 0. The first-order valence-electron chi connectivity index (χ1n) is 11.3. The van der Waals surface area contributed by atoms with Crippen molar-refractivity contribution in [1.82, 2.24) is 19.7 Å². The van der Waals surface area contributed by atoms with Crippen LogP contribution in [0, 0.1) is 5.92 Å². The predicted molar refractivity (Wildman–Crippen MR) is 119 cm³/mol. The summed E-state index contributed by atoms with van der Waals surface area (Å²) in [5, 5.41) is 1.26. The summed E-state index contributed by atoms with van der Waals surface area (Å²) in [6.07, 6.45) is 4.43. The Morgan fingerprint density at radius 3 is 2.43 bits per heavy atom. The molecular weight excluding hydrogens is 376 g/mol. The molecule has 0 unspecified atom stereocenters. The molecule has 6 nitrogen and oxygen atoms in total. The van der Waals surface area contributed by atoms with Gasteiger partial charge in [0, 0.05) is 49.3 Å². The van der Waals surface area contributed by atoms with Gasteiger partial charge in [0.15, 0.2) is 0 Å². The highest BCUT2D eigenvalue weighted by Gasteiger charge is 2.58. The predicted octanol–water partition coefficient (Wildman–Crippen LogP) is 4.22. The van der Waals surface area contributed by atoms with Gasteiger partial charge in [0.1, 0.15) is 5.54 Å². The van der Waals surface area contributed by atoms with E-state index in [2.05, 4.69) is 48.1 Å². The third kappa shape index (κ3) is 3.51. The number of hydrogen-bond acceptors (Lipinski definition) is 3. The minimum absolute atomic E-state index is 0.0120. The quantitative estimate of drug-likeness (QED) is 0.726. The summed E-state index contributed by atoms with van der Waals surface area (Å²) in [6.45, 7) is 11.4. The van der Waals surface area contributed by atoms with Crippen LogP contribution in [0.2, 0.25) is 0 Å². The monoisotopic (exact) mass is 410 g/mol. The Balaban J connectivity index is 1.51. The molecule has 2 saturated heterocycles. The van der Waals surface area contributed by atoms with Crippen molar-refractivity contribution in [2.75, 3.05) is 19.6 Å². The number of fused-ring (bicyclic) bond motifs is 1. The van der Waals surface area contributed by atoms with E-state index >= 15 is 0 Å². The van der Waals surface area contributed by atoms with Gasteiger partial charge in [-0.1, -0.05) is 32.0 Å². The lowest BCUT2D eigenvalue weighted by molar-refractivity contribution is -0.136. The van der Waals surface area contributed by atoms with Crippen LogP contribution in [0.5, 0.6) is 0 Å². The second-order valence-electron chi connectivity index (χ2n) is 9.55. The van der Waals surface area contributed by atoms with Crippen LogP contribution in [0.3, 0.4) is 0 Å². The van der Waals surface area contributed by atoms with Gasteiger partial charge >= 0.3 is 6.03 Å². The number of nitrogens with one attached hydrogen (secondary N) is 1. The number of H-pyrrole nitrogens is 1. The molecule has 3 heterocycles. The Bertz CT molecular complexity index is 924. The van der Waals surface area contributed by atoms with Crippen LogP contribution in [0.25, 0.3) is 10.9 Å². The van der Waals surface area contributed by atoms with E-state index in [1.807, 2.05) is 24.8 Å². The van der Waals surface area contributed by atoms with Crippen molar-refractivity contribution in [2.24, 2.45) is 5.92 Å². The molecule has 162 valence electrons. The molecule has 1 aromatic carbocycles. The molecule has 4 rings (SSSR count). The molecule has 2 aliphatic rings. The zero-order valence-corrected chi connectivity index (χ0v) is 18.6. The van der Waals surface area contributed by atoms with Gasteiger partial charge in [-0.3, -0.25) is 14.6 Å². The number of nitrogens with zero attached hydrogens (tertiary/aromatic N) is 3. The van der Waals surface area contributed by atoms with Crippen LogP contribution in [0.15, 0.2) is 30.5 Å². The van der Waals surface area contributed by atoms with Crippen LogP contribution in [0.1, 0.15) is 52.5 Å². The average molecular weight is 411 g/mol. The standard InChI is InChI=1S/C24H34N4O2/c1-17(2)9-12-27-23(30)28(18(3)4)22(29)24(27)10-13-26(14-11-24)16-19-15-25-21-8-6-5-7-20(19)21/h5-8,15,17-18,25H,9-14,16H2,1-4H3. The fourth-order valence-electron chi connectivity index (χ4n) is 4.96. The highest BCUT2D eigenvalue weighted by molar-refractivity contribution is 6.07. The van der Waals surface area contributed by atoms with Gasteiger partial charge in [-0.15, -0.1) is 0 Å². The number of urea groups is 1. The number of amides is 3. The first-order valence-corrected chi connectivity index (χ1v) is 11.3. The number of imide groups is 1. The van der Waals surface area contributed by atoms with Crippen LogP contribution in [0.4, 0.5) is 4.79 Å². The minimum atomic E-state index is -0.660. The molecule has 1 N–H and O–H groups in total. The first-order chi connectivity index (χ1) is 14.3. The van der Waals surface area contributed by atoms with E-state index in [4.69, 9.17) is 0 Å². The Hall–Kier alpha value is -2.34. The summed E-state index contributed by atoms with van der Waals surface area (Å²) < 4.78 is 0. The molecule has 6 heteroatoms. The van der Waals surface area contributed by atoms with E-state index in [0.717, 1.165) is 31.6 Å². The lowest BCUT2D eigenvalue weighted by atomic mass is 9.85. The van der Waals surface area contributed by atoms with Gasteiger partial charge in [0.05, 0.1) is 0 Å². The minimum Gasteiger partial charge on any atom is -0.361 e. The van der Waals surface area contributed by atoms with E-state index in [-0.39, 0.29) is 18.0 Å². The summed E-state index contributed by atoms with van der Waals surface area (Å²) >= 11 is 0. The van der Waals surface area contributed by atoms with Crippen molar-refractivity contribution in [1.29, 1.82) is 0 Å². The molecule has 0 atom stereocenters. The normalized spacial score (nSPS) is 19.9. The van der Waals surface area contributed by atoms with Crippen molar-refractivity contribution < 1.29 is 9.59 Å². The molecule has 2 fully saturated rings. The SMILES string of the molecule is CC(C)CCN1C(=O)N(C(C)C)C(=O)C12CCN(Cc1c[nH]c3ccccc13)CC2. The smallest absolute Gasteiger partial charge is 0.327 e. The number of carbonyl (C=O) groups excluding carboxylic acids is 2. The Kier molecular flexibility index (Phi) is 5.62. The zero-order valence-electron chi connectivity index (χ0n) is 18.6. The molecule has 0 saturated carbocycles. The second-order valence-corrected chi connectivity index (χ2v) is 9.55. The Morgan fingerprint density at radius 2 is 1.77 bits per heavy atom. The number of benzene rings is 1. The number of carbonyl (C=O) groups is 2. The molecule has 1 spiro atoms. The molecule has 0 aliphatic carbocycles. The van der Waals surface area contributed by atoms with Crippen molar-refractivity contribution in [2.45, 2.75) is 65.1 Å². The van der Waals surface area contributed by atoms with Gasteiger partial charge in [-0.2, -0.15) is 0 Å². The maximum Gasteiger partial charge on any atom is 0.327 e. The highest BCUT2D eigenvalue weighted by Crippen LogP contribution is 2.39. The Morgan fingerprint density at radius 1 is 1.07 bits per heavy atom. The summed E-state index contributed by atoms with van der Waals surface area (Å²) in [4.78, 5) is 35.7. The number of hydrogen-bond donors (Lipinski definition) is 1. The molecule has 1 aromatic heterocycles. The van der Waals surface area contributed by atoms with Crippen molar-refractivity contribution in [3.05, 3.63) is 36.0 Å². The van der Waals surface area contributed by atoms with Crippen LogP contribution in [-0.2, 0) is 11.3 Å². The number of aromatic amines is 1. The van der Waals surface area contributed by atoms with Crippen LogP contribution in [-0.4, -0.2) is 62.8 Å². The molecule has 3 amide bonds. The molecule has 30 heavy (non-hydrogen) atoms. The largest absolute Gasteiger partial charge is 0.361 e. The van der Waals surface area contributed by atoms with E-state index in [1.54, 1.807) is 0 Å². The van der Waals surface area contributed by atoms with E-state index < -0.39 is 5.54 Å². The van der Waals surface area contributed by atoms with Gasteiger partial charge in [0.2, 0.25) is 0 Å². The van der Waals surface area contributed by atoms with Crippen molar-refractivity contribution in [3.8, 4) is 0 Å². The summed E-state index contributed by atoms with van der Waals surface area (Å²) in [5.41, 5.74) is 1.79. The van der Waals surface area contributed by atoms with E-state index in [0.29, 0.717) is 25.3 Å². The molecule has 2 aliphatic heterocycles. The number of rotatable bonds is 6. The molecule has 2 aromatic rings. The fourth-order valence-corrected chi connectivity index (χ4v) is 4.96. The fraction of sp³-hybridized carbons (Fsp3) is 0.583. The molecular formula is C24H34N4O2. The third-order valence-corrected chi connectivity index (χ3v) is 6.77. The number of para-hydroxylation sites is 1. The number of aromatic nitrogens is 1. The molecule has 0 bridgehead atoms. The maximum atomic E-state index is 13.4. The van der Waals surface area contributed by atoms with E-state index in [9.17, 15) is 9.59 Å². The maximum absolute atomic E-state index is 13.4. The molecule has 0 radical (unpaired) electrons. The topological polar surface area (TPSA) is 59.7 Å².